The maximum absolute atomic E-state index is 13.6. The molecular formula is C27H30Cl2N6O2. The van der Waals surface area contributed by atoms with Gasteiger partial charge in [0, 0.05) is 13.1 Å². The molecule has 0 aliphatic heterocycles. The molecule has 3 rings (SSSR count). The zero-order chi connectivity index (χ0) is 26.8. The van der Waals surface area contributed by atoms with Gasteiger partial charge in [-0.05, 0) is 41.7 Å². The molecule has 0 aliphatic carbocycles. The Morgan fingerprint density at radius 2 is 1.41 bits per heavy atom. The molecule has 8 N–H and O–H groups in total. The van der Waals surface area contributed by atoms with Crippen molar-refractivity contribution in [1.82, 2.24) is 10.6 Å². The molecule has 0 spiro atoms. The van der Waals surface area contributed by atoms with Gasteiger partial charge < -0.3 is 27.8 Å². The van der Waals surface area contributed by atoms with E-state index in [4.69, 9.17) is 40.4 Å². The first kappa shape index (κ1) is 27.8. The van der Waals surface area contributed by atoms with Gasteiger partial charge in [-0.1, -0.05) is 83.9 Å². The van der Waals surface area contributed by atoms with Gasteiger partial charge in [0.05, 0.1) is 21.7 Å². The van der Waals surface area contributed by atoms with E-state index < -0.39 is 12.0 Å². The fourth-order valence-electron chi connectivity index (χ4n) is 3.86. The van der Waals surface area contributed by atoms with Crippen LogP contribution < -0.4 is 27.8 Å². The van der Waals surface area contributed by atoms with Crippen LogP contribution >= 0.6 is 23.2 Å². The molecular weight excluding hydrogens is 511 g/mol. The number of rotatable bonds is 11. The van der Waals surface area contributed by atoms with E-state index in [1.54, 1.807) is 12.1 Å². The molecule has 10 heteroatoms. The minimum atomic E-state index is -0.823. The minimum Gasteiger partial charge on any atom is -0.396 e. The van der Waals surface area contributed by atoms with E-state index >= 15 is 0 Å². The number of anilines is 1. The Hall–Kier alpha value is -3.75. The summed E-state index contributed by atoms with van der Waals surface area (Å²) in [6.07, 6.45) is 0.811. The van der Waals surface area contributed by atoms with Crippen molar-refractivity contribution < 1.29 is 9.59 Å². The summed E-state index contributed by atoms with van der Waals surface area (Å²) < 4.78 is 0. The van der Waals surface area contributed by atoms with Crippen LogP contribution in [0.2, 0.25) is 10.0 Å². The lowest BCUT2D eigenvalue weighted by Gasteiger charge is -2.23. The van der Waals surface area contributed by atoms with E-state index in [1.165, 1.54) is 0 Å². The number of aliphatic imine (C=N–C) groups is 1. The van der Waals surface area contributed by atoms with Gasteiger partial charge in [-0.15, -0.1) is 0 Å². The number of carbonyl (C=O) groups is 2. The van der Waals surface area contributed by atoms with Crippen molar-refractivity contribution in [3.05, 3.63) is 99.5 Å². The first-order valence-corrected chi connectivity index (χ1v) is 12.5. The summed E-state index contributed by atoms with van der Waals surface area (Å²) in [4.78, 5) is 30.8. The van der Waals surface area contributed by atoms with E-state index in [1.807, 2.05) is 60.7 Å². The molecule has 0 aliphatic rings. The number of hydrogen-bond donors (Lipinski definition) is 5. The summed E-state index contributed by atoms with van der Waals surface area (Å²) in [5.74, 6) is -1.28. The number of nitrogens with zero attached hydrogens (tertiary/aromatic N) is 1. The molecule has 0 radical (unpaired) electrons. The molecule has 1 atom stereocenters. The van der Waals surface area contributed by atoms with Crippen molar-refractivity contribution in [1.29, 1.82) is 0 Å². The van der Waals surface area contributed by atoms with Gasteiger partial charge in [-0.25, -0.2) is 0 Å². The molecule has 0 fully saturated rings. The quantitative estimate of drug-likeness (QED) is 0.109. The first-order valence-electron chi connectivity index (χ1n) is 11.7. The second kappa shape index (κ2) is 13.5. The Balaban J connectivity index is 1.79. The average molecular weight is 541 g/mol. The van der Waals surface area contributed by atoms with Crippen LogP contribution in [0.25, 0.3) is 0 Å². The summed E-state index contributed by atoms with van der Waals surface area (Å²) in [6.45, 7) is 0.478. The Kier molecular flexibility index (Phi) is 10.2. The Labute approximate surface area is 226 Å². The van der Waals surface area contributed by atoms with E-state index in [0.717, 1.165) is 11.1 Å². The fraction of sp³-hybridized carbons (Fsp3) is 0.222. The largest absolute Gasteiger partial charge is 0.396 e. The third-order valence-electron chi connectivity index (χ3n) is 5.71. The summed E-state index contributed by atoms with van der Waals surface area (Å²) in [6, 6.07) is 21.3. The van der Waals surface area contributed by atoms with Gasteiger partial charge in [0.15, 0.2) is 5.96 Å². The van der Waals surface area contributed by atoms with E-state index in [0.29, 0.717) is 35.0 Å². The zero-order valence-corrected chi connectivity index (χ0v) is 21.7. The van der Waals surface area contributed by atoms with Crippen molar-refractivity contribution in [2.45, 2.75) is 31.3 Å². The van der Waals surface area contributed by atoms with Crippen LogP contribution in [0.15, 0.2) is 77.8 Å². The normalized spacial score (nSPS) is 11.5. The summed E-state index contributed by atoms with van der Waals surface area (Å²) in [7, 11) is 0. The lowest BCUT2D eigenvalue weighted by Crippen LogP contribution is -2.48. The molecule has 3 aromatic carbocycles. The van der Waals surface area contributed by atoms with Gasteiger partial charge >= 0.3 is 0 Å². The molecule has 0 heterocycles. The van der Waals surface area contributed by atoms with Gasteiger partial charge in [-0.3, -0.25) is 14.6 Å². The lowest BCUT2D eigenvalue weighted by atomic mass is 9.90. The van der Waals surface area contributed by atoms with Crippen LogP contribution in [-0.4, -0.2) is 30.4 Å². The predicted octanol–water partition coefficient (Wildman–Crippen LogP) is 3.56. The SMILES string of the molecule is NC(N)=NCCC[C@@H](NC(=O)C(c1ccccc1)c1ccccc1)C(=O)NCc1cc(Cl)c(N)c(Cl)c1. The number of halogens is 2. The maximum Gasteiger partial charge on any atom is 0.242 e. The Bertz CT molecular complexity index is 1170. The number of benzene rings is 3. The van der Waals surface area contributed by atoms with Crippen molar-refractivity contribution >= 4 is 46.7 Å². The number of nitrogens with two attached hydrogens (primary N) is 3. The van der Waals surface area contributed by atoms with Gasteiger partial charge in [-0.2, -0.15) is 0 Å². The van der Waals surface area contributed by atoms with Crippen LogP contribution in [0.4, 0.5) is 5.69 Å². The zero-order valence-electron chi connectivity index (χ0n) is 20.2. The van der Waals surface area contributed by atoms with Gasteiger partial charge in [0.2, 0.25) is 11.8 Å². The predicted molar refractivity (Wildman–Crippen MR) is 149 cm³/mol. The first-order chi connectivity index (χ1) is 17.8. The highest BCUT2D eigenvalue weighted by molar-refractivity contribution is 6.38. The van der Waals surface area contributed by atoms with E-state index in [-0.39, 0.29) is 30.0 Å². The second-order valence-electron chi connectivity index (χ2n) is 8.46. The monoisotopic (exact) mass is 540 g/mol. The van der Waals surface area contributed by atoms with Crippen molar-refractivity contribution in [3.8, 4) is 0 Å². The third kappa shape index (κ3) is 8.13. The van der Waals surface area contributed by atoms with Crippen LogP contribution in [0.5, 0.6) is 0 Å². The molecule has 3 aromatic rings. The topological polar surface area (TPSA) is 149 Å². The maximum atomic E-state index is 13.6. The minimum absolute atomic E-state index is 0.0321. The van der Waals surface area contributed by atoms with Crippen molar-refractivity contribution in [2.75, 3.05) is 12.3 Å². The van der Waals surface area contributed by atoms with Crippen molar-refractivity contribution in [2.24, 2.45) is 16.5 Å². The number of amides is 2. The second-order valence-corrected chi connectivity index (χ2v) is 9.27. The summed E-state index contributed by atoms with van der Waals surface area (Å²) in [5.41, 5.74) is 19.2. The van der Waals surface area contributed by atoms with Crippen LogP contribution in [-0.2, 0) is 16.1 Å². The fourth-order valence-corrected chi connectivity index (χ4v) is 4.40. The average Bonchev–Trinajstić information content (AvgIpc) is 2.88. The number of guanidine groups is 1. The molecule has 8 nitrogen and oxygen atoms in total. The highest BCUT2D eigenvalue weighted by Crippen LogP contribution is 2.29. The van der Waals surface area contributed by atoms with E-state index in [9.17, 15) is 9.59 Å². The molecule has 0 aromatic heterocycles. The molecule has 0 bridgehead atoms. The van der Waals surface area contributed by atoms with Crippen LogP contribution in [0, 0.1) is 0 Å². The van der Waals surface area contributed by atoms with E-state index in [2.05, 4.69) is 15.6 Å². The number of nitrogen functional groups attached to an aromatic ring is 1. The smallest absolute Gasteiger partial charge is 0.242 e. The van der Waals surface area contributed by atoms with Gasteiger partial charge in [0.25, 0.3) is 0 Å². The highest BCUT2D eigenvalue weighted by atomic mass is 35.5. The van der Waals surface area contributed by atoms with Crippen LogP contribution in [0.3, 0.4) is 0 Å². The summed E-state index contributed by atoms with van der Waals surface area (Å²) >= 11 is 12.2. The summed E-state index contributed by atoms with van der Waals surface area (Å²) in [5, 5.41) is 6.38. The number of nitrogens with one attached hydrogen (secondary N) is 2. The van der Waals surface area contributed by atoms with Crippen LogP contribution in [0.1, 0.15) is 35.4 Å². The van der Waals surface area contributed by atoms with Crippen molar-refractivity contribution in [3.63, 3.8) is 0 Å². The molecule has 37 heavy (non-hydrogen) atoms. The van der Waals surface area contributed by atoms with Gasteiger partial charge in [0.1, 0.15) is 6.04 Å². The molecule has 0 saturated heterocycles. The lowest BCUT2D eigenvalue weighted by molar-refractivity contribution is -0.129. The standard InChI is InChI=1S/C27H30Cl2N6O2/c28-20-14-17(15-21(29)24(20)30)16-34-25(36)22(12-7-13-33-27(31)32)35-26(37)23(18-8-3-1-4-9-18)19-10-5-2-6-11-19/h1-6,8-11,14-15,22-23H,7,12-13,16,30H2,(H,34,36)(H,35,37)(H4,31,32,33)/t22-/m1/s1. The highest BCUT2D eigenvalue weighted by Gasteiger charge is 2.27. The Morgan fingerprint density at radius 1 is 0.865 bits per heavy atom. The molecule has 2 amide bonds. The molecule has 194 valence electrons. The third-order valence-corrected chi connectivity index (χ3v) is 6.34. The molecule has 0 unspecified atom stereocenters. The number of hydrogen-bond acceptors (Lipinski definition) is 4. The number of carbonyl (C=O) groups excluding carboxylic acids is 2. The molecule has 0 saturated carbocycles. The Morgan fingerprint density at radius 3 is 1.92 bits per heavy atom.